The standard InChI is InChI=1S/C12H17N3O2/c1-7-5-11(10(4)16-7)8(2)13-6-12-9(3)14-17-15-12/h5,8,13H,6H2,1-4H3. The second kappa shape index (κ2) is 4.71. The number of nitrogens with one attached hydrogen (secondary N) is 1. The van der Waals surface area contributed by atoms with Crippen molar-refractivity contribution in [1.29, 1.82) is 0 Å². The van der Waals surface area contributed by atoms with Gasteiger partial charge in [0.15, 0.2) is 0 Å². The number of nitrogens with zero attached hydrogens (tertiary/aromatic N) is 2. The van der Waals surface area contributed by atoms with E-state index in [9.17, 15) is 0 Å². The summed E-state index contributed by atoms with van der Waals surface area (Å²) in [6.07, 6.45) is 0. The lowest BCUT2D eigenvalue weighted by molar-refractivity contribution is 0.300. The van der Waals surface area contributed by atoms with Crippen molar-refractivity contribution < 1.29 is 9.05 Å². The minimum atomic E-state index is 0.212. The van der Waals surface area contributed by atoms with Crippen LogP contribution in [0, 0.1) is 20.8 Å². The van der Waals surface area contributed by atoms with Crippen LogP contribution >= 0.6 is 0 Å². The molecule has 0 aliphatic carbocycles. The van der Waals surface area contributed by atoms with Crippen LogP contribution < -0.4 is 5.32 Å². The van der Waals surface area contributed by atoms with Crippen LogP contribution in [0.2, 0.25) is 0 Å². The van der Waals surface area contributed by atoms with E-state index in [1.807, 2.05) is 20.8 Å². The summed E-state index contributed by atoms with van der Waals surface area (Å²) in [6.45, 7) is 8.55. The van der Waals surface area contributed by atoms with Gasteiger partial charge in [-0.3, -0.25) is 0 Å². The molecule has 5 nitrogen and oxygen atoms in total. The van der Waals surface area contributed by atoms with Gasteiger partial charge >= 0.3 is 0 Å². The van der Waals surface area contributed by atoms with Gasteiger partial charge in [0.2, 0.25) is 0 Å². The van der Waals surface area contributed by atoms with Gasteiger partial charge < -0.3 is 9.73 Å². The third-order valence-corrected chi connectivity index (χ3v) is 2.87. The highest BCUT2D eigenvalue weighted by Crippen LogP contribution is 2.21. The Hall–Kier alpha value is -1.62. The highest BCUT2D eigenvalue weighted by Gasteiger charge is 2.13. The Labute approximate surface area is 100 Å². The molecular formula is C12H17N3O2. The van der Waals surface area contributed by atoms with E-state index in [1.165, 1.54) is 5.56 Å². The van der Waals surface area contributed by atoms with Gasteiger partial charge in [-0.25, -0.2) is 4.63 Å². The summed E-state index contributed by atoms with van der Waals surface area (Å²) in [7, 11) is 0. The van der Waals surface area contributed by atoms with E-state index >= 15 is 0 Å². The molecular weight excluding hydrogens is 218 g/mol. The molecule has 0 bridgehead atoms. The normalized spacial score (nSPS) is 12.9. The average Bonchev–Trinajstić information content (AvgIpc) is 2.81. The molecule has 0 aliphatic heterocycles. The number of aromatic nitrogens is 2. The summed E-state index contributed by atoms with van der Waals surface area (Å²) in [5, 5.41) is 11.0. The van der Waals surface area contributed by atoms with E-state index in [4.69, 9.17) is 4.42 Å². The average molecular weight is 235 g/mol. The summed E-state index contributed by atoms with van der Waals surface area (Å²) in [4.78, 5) is 0. The summed E-state index contributed by atoms with van der Waals surface area (Å²) >= 11 is 0. The third kappa shape index (κ3) is 2.55. The molecule has 0 spiro atoms. The minimum absolute atomic E-state index is 0.212. The molecule has 1 N–H and O–H groups in total. The molecule has 1 atom stereocenters. The predicted octanol–water partition coefficient (Wildman–Crippen LogP) is 2.44. The molecule has 2 rings (SSSR count). The maximum Gasteiger partial charge on any atom is 0.121 e. The smallest absolute Gasteiger partial charge is 0.121 e. The fourth-order valence-corrected chi connectivity index (χ4v) is 1.85. The van der Waals surface area contributed by atoms with E-state index in [0.29, 0.717) is 6.54 Å². The van der Waals surface area contributed by atoms with Crippen molar-refractivity contribution in [3.8, 4) is 0 Å². The van der Waals surface area contributed by atoms with Crippen molar-refractivity contribution in [3.05, 3.63) is 34.5 Å². The van der Waals surface area contributed by atoms with Gasteiger partial charge in [0.25, 0.3) is 0 Å². The zero-order valence-corrected chi connectivity index (χ0v) is 10.6. The zero-order chi connectivity index (χ0) is 12.4. The van der Waals surface area contributed by atoms with Crippen LogP contribution in [-0.2, 0) is 6.54 Å². The van der Waals surface area contributed by atoms with Gasteiger partial charge in [0, 0.05) is 18.2 Å². The Morgan fingerprint density at radius 2 is 2.06 bits per heavy atom. The Balaban J connectivity index is 2.00. The third-order valence-electron chi connectivity index (χ3n) is 2.87. The van der Waals surface area contributed by atoms with Crippen molar-refractivity contribution in [2.75, 3.05) is 0 Å². The summed E-state index contributed by atoms with van der Waals surface area (Å²) in [5.74, 6) is 1.89. The Morgan fingerprint density at radius 3 is 2.59 bits per heavy atom. The van der Waals surface area contributed by atoms with Crippen LogP contribution in [0.25, 0.3) is 0 Å². The molecule has 17 heavy (non-hydrogen) atoms. The minimum Gasteiger partial charge on any atom is -0.466 e. The lowest BCUT2D eigenvalue weighted by Gasteiger charge is -2.11. The first kappa shape index (κ1) is 11.9. The van der Waals surface area contributed by atoms with Crippen molar-refractivity contribution in [1.82, 2.24) is 15.6 Å². The lowest BCUT2D eigenvalue weighted by Crippen LogP contribution is -2.19. The molecule has 92 valence electrons. The molecule has 0 amide bonds. The van der Waals surface area contributed by atoms with Crippen molar-refractivity contribution in [2.45, 2.75) is 40.3 Å². The Morgan fingerprint density at radius 1 is 1.29 bits per heavy atom. The first-order valence-corrected chi connectivity index (χ1v) is 5.66. The molecule has 1 unspecified atom stereocenters. The molecule has 2 aromatic heterocycles. The topological polar surface area (TPSA) is 64.1 Å². The molecule has 2 aromatic rings. The van der Waals surface area contributed by atoms with Crippen LogP contribution in [0.3, 0.4) is 0 Å². The Bertz CT molecular complexity index is 502. The summed E-state index contributed by atoms with van der Waals surface area (Å²) in [6, 6.07) is 2.27. The number of aryl methyl sites for hydroxylation is 3. The van der Waals surface area contributed by atoms with Crippen molar-refractivity contribution in [3.63, 3.8) is 0 Å². The van der Waals surface area contributed by atoms with Crippen LogP contribution in [-0.4, -0.2) is 10.3 Å². The number of hydrogen-bond acceptors (Lipinski definition) is 5. The van der Waals surface area contributed by atoms with E-state index in [2.05, 4.69) is 33.2 Å². The summed E-state index contributed by atoms with van der Waals surface area (Å²) < 4.78 is 10.2. The Kier molecular flexibility index (Phi) is 3.28. The van der Waals surface area contributed by atoms with Gasteiger partial charge in [-0.15, -0.1) is 0 Å². The van der Waals surface area contributed by atoms with Gasteiger partial charge in [-0.1, -0.05) is 10.3 Å². The maximum atomic E-state index is 5.51. The van der Waals surface area contributed by atoms with Crippen molar-refractivity contribution in [2.24, 2.45) is 0 Å². The molecule has 0 aliphatic rings. The first-order chi connectivity index (χ1) is 8.08. The van der Waals surface area contributed by atoms with Gasteiger partial charge in [-0.05, 0) is 33.8 Å². The van der Waals surface area contributed by atoms with E-state index in [0.717, 1.165) is 22.9 Å². The summed E-state index contributed by atoms with van der Waals surface area (Å²) in [5.41, 5.74) is 2.84. The van der Waals surface area contributed by atoms with Crippen LogP contribution in [0.4, 0.5) is 0 Å². The fourth-order valence-electron chi connectivity index (χ4n) is 1.85. The number of furan rings is 1. The van der Waals surface area contributed by atoms with Gasteiger partial charge in [0.05, 0.1) is 0 Å². The quantitative estimate of drug-likeness (QED) is 0.881. The predicted molar refractivity (Wildman–Crippen MR) is 62.5 cm³/mol. The first-order valence-electron chi connectivity index (χ1n) is 5.66. The van der Waals surface area contributed by atoms with Crippen LogP contribution in [0.5, 0.6) is 0 Å². The highest BCUT2D eigenvalue weighted by molar-refractivity contribution is 5.23. The second-order valence-electron chi connectivity index (χ2n) is 4.27. The second-order valence-corrected chi connectivity index (χ2v) is 4.27. The maximum absolute atomic E-state index is 5.51. The SMILES string of the molecule is Cc1cc(C(C)NCc2nonc2C)c(C)o1. The fraction of sp³-hybridized carbons (Fsp3) is 0.500. The number of rotatable bonds is 4. The van der Waals surface area contributed by atoms with Gasteiger partial charge in [0.1, 0.15) is 22.9 Å². The zero-order valence-electron chi connectivity index (χ0n) is 10.6. The van der Waals surface area contributed by atoms with E-state index in [-0.39, 0.29) is 6.04 Å². The molecule has 0 aromatic carbocycles. The molecule has 0 radical (unpaired) electrons. The monoisotopic (exact) mass is 235 g/mol. The number of hydrogen-bond donors (Lipinski definition) is 1. The van der Waals surface area contributed by atoms with Crippen molar-refractivity contribution >= 4 is 0 Å². The van der Waals surface area contributed by atoms with E-state index in [1.54, 1.807) is 0 Å². The van der Waals surface area contributed by atoms with Crippen LogP contribution in [0.15, 0.2) is 15.1 Å². The van der Waals surface area contributed by atoms with Gasteiger partial charge in [-0.2, -0.15) is 0 Å². The lowest BCUT2D eigenvalue weighted by atomic mass is 10.1. The van der Waals surface area contributed by atoms with Crippen LogP contribution in [0.1, 0.15) is 41.4 Å². The molecule has 0 saturated heterocycles. The highest BCUT2D eigenvalue weighted by atomic mass is 16.6. The molecule has 0 fully saturated rings. The molecule has 5 heteroatoms. The largest absolute Gasteiger partial charge is 0.466 e. The van der Waals surface area contributed by atoms with E-state index < -0.39 is 0 Å². The molecule has 0 saturated carbocycles. The molecule has 2 heterocycles.